The van der Waals surface area contributed by atoms with Crippen molar-refractivity contribution in [3.8, 4) is 5.75 Å². The number of hydrogen-bond donors (Lipinski definition) is 0. The maximum atomic E-state index is 12.7. The van der Waals surface area contributed by atoms with Crippen LogP contribution < -0.4 is 9.64 Å². The Morgan fingerprint density at radius 2 is 1.70 bits per heavy atom. The van der Waals surface area contributed by atoms with Gasteiger partial charge >= 0.3 is 0 Å². The molecule has 0 bridgehead atoms. The van der Waals surface area contributed by atoms with Crippen molar-refractivity contribution in [2.45, 2.75) is 11.4 Å². The van der Waals surface area contributed by atoms with Crippen molar-refractivity contribution < 1.29 is 22.4 Å². The molecular formula is C20H19NO5S. The second-order valence-corrected chi connectivity index (χ2v) is 7.94. The van der Waals surface area contributed by atoms with Crippen LogP contribution in [0.15, 0.2) is 82.3 Å². The van der Waals surface area contributed by atoms with Crippen molar-refractivity contribution in [2.24, 2.45) is 0 Å². The van der Waals surface area contributed by atoms with Crippen molar-refractivity contribution in [1.82, 2.24) is 0 Å². The molecule has 0 atom stereocenters. The molecule has 3 aromatic rings. The summed E-state index contributed by atoms with van der Waals surface area (Å²) in [6, 6.07) is 18.8. The molecule has 0 N–H and O–H groups in total. The summed E-state index contributed by atoms with van der Waals surface area (Å²) in [6.45, 7) is 0.0973. The summed E-state index contributed by atoms with van der Waals surface area (Å²) >= 11 is 0. The highest BCUT2D eigenvalue weighted by Gasteiger charge is 2.18. The van der Waals surface area contributed by atoms with Gasteiger partial charge in [0.15, 0.2) is 16.4 Å². The van der Waals surface area contributed by atoms with Gasteiger partial charge in [-0.15, -0.1) is 0 Å². The van der Waals surface area contributed by atoms with E-state index in [1.54, 1.807) is 23.3 Å². The molecule has 1 amide bonds. The summed E-state index contributed by atoms with van der Waals surface area (Å²) in [7, 11) is -3.27. The zero-order valence-corrected chi connectivity index (χ0v) is 15.6. The predicted molar refractivity (Wildman–Crippen MR) is 101 cm³/mol. The van der Waals surface area contributed by atoms with Crippen molar-refractivity contribution in [3.05, 3.63) is 78.8 Å². The number of hydrogen-bond acceptors (Lipinski definition) is 5. The third-order valence-corrected chi connectivity index (χ3v) is 5.01. The van der Waals surface area contributed by atoms with E-state index < -0.39 is 9.84 Å². The van der Waals surface area contributed by atoms with Crippen LogP contribution in [0.25, 0.3) is 0 Å². The van der Waals surface area contributed by atoms with Crippen LogP contribution in [0, 0.1) is 0 Å². The molecule has 7 heteroatoms. The first-order chi connectivity index (χ1) is 12.9. The lowest BCUT2D eigenvalue weighted by Crippen LogP contribution is -2.34. The summed E-state index contributed by atoms with van der Waals surface area (Å²) in [5.74, 6) is 0.830. The van der Waals surface area contributed by atoms with E-state index in [0.29, 0.717) is 11.5 Å². The summed E-state index contributed by atoms with van der Waals surface area (Å²) in [4.78, 5) is 14.5. The zero-order valence-electron chi connectivity index (χ0n) is 14.7. The van der Waals surface area contributed by atoms with Gasteiger partial charge in [-0.2, -0.15) is 0 Å². The van der Waals surface area contributed by atoms with Gasteiger partial charge in [0, 0.05) is 11.9 Å². The van der Waals surface area contributed by atoms with E-state index in [1.165, 1.54) is 24.3 Å². The third kappa shape index (κ3) is 4.98. The molecule has 3 rings (SSSR count). The van der Waals surface area contributed by atoms with Gasteiger partial charge in [0.25, 0.3) is 5.91 Å². The zero-order chi connectivity index (χ0) is 19.3. The number of rotatable bonds is 7. The van der Waals surface area contributed by atoms with Gasteiger partial charge in [-0.05, 0) is 48.5 Å². The predicted octanol–water partition coefficient (Wildman–Crippen LogP) is 3.30. The Hall–Kier alpha value is -3.06. The fourth-order valence-corrected chi connectivity index (χ4v) is 3.13. The van der Waals surface area contributed by atoms with Crippen LogP contribution in [-0.4, -0.2) is 27.2 Å². The van der Waals surface area contributed by atoms with Crippen LogP contribution in [0.2, 0.25) is 0 Å². The molecule has 0 aliphatic rings. The van der Waals surface area contributed by atoms with Crippen LogP contribution in [0.1, 0.15) is 5.76 Å². The minimum Gasteiger partial charge on any atom is -0.484 e. The van der Waals surface area contributed by atoms with E-state index in [-0.39, 0.29) is 24.0 Å². The van der Waals surface area contributed by atoms with Crippen LogP contribution in [0.3, 0.4) is 0 Å². The SMILES string of the molecule is CS(=O)(=O)c1ccc(OCC(=O)N(Cc2ccco2)c2ccccc2)cc1. The second-order valence-electron chi connectivity index (χ2n) is 5.93. The summed E-state index contributed by atoms with van der Waals surface area (Å²) in [5, 5.41) is 0. The van der Waals surface area contributed by atoms with Crippen LogP contribution in [0.4, 0.5) is 5.69 Å². The highest BCUT2D eigenvalue weighted by atomic mass is 32.2. The summed E-state index contributed by atoms with van der Waals surface area (Å²) < 4.78 is 33.9. The van der Waals surface area contributed by atoms with Crippen LogP contribution in [0.5, 0.6) is 5.75 Å². The monoisotopic (exact) mass is 385 g/mol. The van der Waals surface area contributed by atoms with Gasteiger partial charge < -0.3 is 14.1 Å². The van der Waals surface area contributed by atoms with E-state index >= 15 is 0 Å². The van der Waals surface area contributed by atoms with E-state index in [9.17, 15) is 13.2 Å². The van der Waals surface area contributed by atoms with Crippen molar-refractivity contribution >= 4 is 21.4 Å². The lowest BCUT2D eigenvalue weighted by atomic mass is 10.2. The maximum absolute atomic E-state index is 12.7. The average Bonchev–Trinajstić information content (AvgIpc) is 3.18. The Kier molecular flexibility index (Phi) is 5.61. The smallest absolute Gasteiger partial charge is 0.265 e. The molecule has 140 valence electrons. The number of carbonyl (C=O) groups excluding carboxylic acids is 1. The standard InChI is InChI=1S/C20H19NO5S/c1-27(23,24)19-11-9-17(10-12-19)26-15-20(22)21(14-18-8-5-13-25-18)16-6-3-2-4-7-16/h2-13H,14-15H2,1H3. The van der Waals surface area contributed by atoms with Gasteiger partial charge in [-0.3, -0.25) is 4.79 Å². The number of amides is 1. The first-order valence-corrected chi connectivity index (χ1v) is 10.1. The summed E-state index contributed by atoms with van der Waals surface area (Å²) in [5.41, 5.74) is 0.731. The topological polar surface area (TPSA) is 76.8 Å². The quantitative estimate of drug-likeness (QED) is 0.624. The van der Waals surface area contributed by atoms with Crippen molar-refractivity contribution in [1.29, 1.82) is 0 Å². The van der Waals surface area contributed by atoms with Gasteiger partial charge in [-0.25, -0.2) is 8.42 Å². The Labute approximate surface area is 157 Å². The minimum atomic E-state index is -3.27. The average molecular weight is 385 g/mol. The number of para-hydroxylation sites is 1. The molecule has 0 fully saturated rings. The van der Waals surface area contributed by atoms with Gasteiger partial charge in [0.2, 0.25) is 0 Å². The first kappa shape index (κ1) is 18.7. The van der Waals surface area contributed by atoms with E-state index in [1.807, 2.05) is 30.3 Å². The number of ether oxygens (including phenoxy) is 1. The number of sulfone groups is 1. The molecule has 6 nitrogen and oxygen atoms in total. The Morgan fingerprint density at radius 1 is 1.00 bits per heavy atom. The van der Waals surface area contributed by atoms with E-state index in [0.717, 1.165) is 11.9 Å². The molecule has 0 saturated carbocycles. The second kappa shape index (κ2) is 8.09. The number of anilines is 1. The molecule has 27 heavy (non-hydrogen) atoms. The molecule has 2 aromatic carbocycles. The van der Waals surface area contributed by atoms with Gasteiger partial charge in [0.1, 0.15) is 11.5 Å². The minimum absolute atomic E-state index is 0.187. The van der Waals surface area contributed by atoms with Crippen molar-refractivity contribution in [2.75, 3.05) is 17.8 Å². The highest BCUT2D eigenvalue weighted by molar-refractivity contribution is 7.90. The molecule has 0 spiro atoms. The molecule has 1 aromatic heterocycles. The Morgan fingerprint density at radius 3 is 2.30 bits per heavy atom. The van der Waals surface area contributed by atoms with E-state index in [4.69, 9.17) is 9.15 Å². The Balaban J connectivity index is 1.71. The number of benzene rings is 2. The molecule has 1 heterocycles. The van der Waals surface area contributed by atoms with Gasteiger partial charge in [0.05, 0.1) is 17.7 Å². The molecule has 0 saturated heterocycles. The fraction of sp³-hybridized carbons (Fsp3) is 0.150. The van der Waals surface area contributed by atoms with E-state index in [2.05, 4.69) is 0 Å². The summed E-state index contributed by atoms with van der Waals surface area (Å²) in [6.07, 6.45) is 2.70. The lowest BCUT2D eigenvalue weighted by Gasteiger charge is -2.22. The lowest BCUT2D eigenvalue weighted by molar-refractivity contribution is -0.120. The molecule has 0 unspecified atom stereocenters. The normalized spacial score (nSPS) is 11.1. The maximum Gasteiger partial charge on any atom is 0.265 e. The molecule has 0 aliphatic heterocycles. The number of furan rings is 1. The van der Waals surface area contributed by atoms with Crippen molar-refractivity contribution in [3.63, 3.8) is 0 Å². The largest absolute Gasteiger partial charge is 0.484 e. The third-order valence-electron chi connectivity index (χ3n) is 3.88. The molecular weight excluding hydrogens is 366 g/mol. The number of nitrogens with zero attached hydrogens (tertiary/aromatic N) is 1. The first-order valence-electron chi connectivity index (χ1n) is 8.24. The highest BCUT2D eigenvalue weighted by Crippen LogP contribution is 2.19. The van der Waals surface area contributed by atoms with Crippen LogP contribution in [-0.2, 0) is 21.2 Å². The number of carbonyl (C=O) groups is 1. The molecule has 0 radical (unpaired) electrons. The fourth-order valence-electron chi connectivity index (χ4n) is 2.50. The molecule has 0 aliphatic carbocycles. The van der Waals surface area contributed by atoms with Crippen LogP contribution >= 0.6 is 0 Å². The Bertz CT molecular complexity index is 981. The van der Waals surface area contributed by atoms with Gasteiger partial charge in [-0.1, -0.05) is 18.2 Å².